The number of nitrogens with zero attached hydrogens (tertiary/aromatic N) is 2. The van der Waals surface area contributed by atoms with Gasteiger partial charge in [-0.3, -0.25) is 9.10 Å². The topological polar surface area (TPSA) is 57.7 Å². The van der Waals surface area contributed by atoms with Gasteiger partial charge in [0.2, 0.25) is 0 Å². The predicted molar refractivity (Wildman–Crippen MR) is 122 cm³/mol. The molecular formula is C25H23FN2O3S. The molecule has 7 heteroatoms. The largest absolute Gasteiger partial charge is 0.305 e. The highest BCUT2D eigenvalue weighted by Crippen LogP contribution is 2.37. The van der Waals surface area contributed by atoms with E-state index in [1.54, 1.807) is 24.3 Å². The molecule has 0 aromatic heterocycles. The van der Waals surface area contributed by atoms with Crippen molar-refractivity contribution in [3.63, 3.8) is 0 Å². The third-order valence-electron chi connectivity index (χ3n) is 6.20. The van der Waals surface area contributed by atoms with E-state index in [2.05, 4.69) is 0 Å². The molecule has 2 aliphatic rings. The third kappa shape index (κ3) is 3.28. The molecule has 0 fully saturated rings. The standard InChI is InChI=1S/C25H23FN2O3S/c1-17-15-19-7-2-3-13-23(19)28(17)32(30,31)21-11-4-9-20(16-21)25(29)27-14-6-10-18-8-5-12-22(26)24(18)27/h2-5,7-9,11-13,16-17H,6,10,14-15H2,1H3. The molecule has 0 aliphatic carbocycles. The lowest BCUT2D eigenvalue weighted by Crippen LogP contribution is -2.37. The Labute approximate surface area is 187 Å². The van der Waals surface area contributed by atoms with Crippen LogP contribution < -0.4 is 9.21 Å². The Hall–Kier alpha value is -3.19. The summed E-state index contributed by atoms with van der Waals surface area (Å²) in [6, 6.07) is 18.1. The first kappa shape index (κ1) is 20.7. The van der Waals surface area contributed by atoms with Crippen molar-refractivity contribution in [3.8, 4) is 0 Å². The van der Waals surface area contributed by atoms with E-state index in [1.807, 2.05) is 31.2 Å². The van der Waals surface area contributed by atoms with Crippen LogP contribution in [0, 0.1) is 5.82 Å². The molecule has 5 rings (SSSR count). The van der Waals surface area contributed by atoms with Crippen LogP contribution in [0.5, 0.6) is 0 Å². The molecule has 1 amide bonds. The maximum absolute atomic E-state index is 14.6. The molecule has 3 aromatic rings. The lowest BCUT2D eigenvalue weighted by Gasteiger charge is -2.30. The Morgan fingerprint density at radius 2 is 1.75 bits per heavy atom. The number of carbonyl (C=O) groups is 1. The lowest BCUT2D eigenvalue weighted by molar-refractivity contribution is 0.0984. The summed E-state index contributed by atoms with van der Waals surface area (Å²) >= 11 is 0. The van der Waals surface area contributed by atoms with Crippen LogP contribution >= 0.6 is 0 Å². The first-order chi connectivity index (χ1) is 15.4. The quantitative estimate of drug-likeness (QED) is 0.588. The minimum absolute atomic E-state index is 0.0534. The number of hydrogen-bond acceptors (Lipinski definition) is 3. The third-order valence-corrected chi connectivity index (χ3v) is 8.12. The van der Waals surface area contributed by atoms with Gasteiger partial charge in [0.15, 0.2) is 0 Å². The van der Waals surface area contributed by atoms with E-state index < -0.39 is 21.7 Å². The Balaban J connectivity index is 1.52. The van der Waals surface area contributed by atoms with Gasteiger partial charge in [0, 0.05) is 18.2 Å². The van der Waals surface area contributed by atoms with Gasteiger partial charge >= 0.3 is 0 Å². The van der Waals surface area contributed by atoms with Crippen LogP contribution in [-0.4, -0.2) is 26.9 Å². The predicted octanol–water partition coefficient (Wildman–Crippen LogP) is 4.56. The Morgan fingerprint density at radius 1 is 1.00 bits per heavy atom. The van der Waals surface area contributed by atoms with Crippen molar-refractivity contribution >= 4 is 27.3 Å². The Bertz CT molecular complexity index is 1320. The zero-order valence-electron chi connectivity index (χ0n) is 17.7. The summed E-state index contributed by atoms with van der Waals surface area (Å²) in [6.07, 6.45) is 2.07. The summed E-state index contributed by atoms with van der Waals surface area (Å²) in [5, 5.41) is 0. The molecular weight excluding hydrogens is 427 g/mol. The minimum Gasteiger partial charge on any atom is -0.305 e. The van der Waals surface area contributed by atoms with E-state index in [0.717, 1.165) is 17.5 Å². The van der Waals surface area contributed by atoms with Crippen molar-refractivity contribution < 1.29 is 17.6 Å². The maximum Gasteiger partial charge on any atom is 0.264 e. The molecule has 1 atom stereocenters. The first-order valence-corrected chi connectivity index (χ1v) is 12.1. The molecule has 0 N–H and O–H groups in total. The Kier molecular flexibility index (Phi) is 5.01. The number of sulfonamides is 1. The minimum atomic E-state index is -3.87. The second kappa shape index (κ2) is 7.74. The van der Waals surface area contributed by atoms with Gasteiger partial charge in [0.1, 0.15) is 5.82 Å². The van der Waals surface area contributed by atoms with E-state index in [4.69, 9.17) is 0 Å². The van der Waals surface area contributed by atoms with Crippen LogP contribution in [0.3, 0.4) is 0 Å². The molecule has 2 heterocycles. The molecule has 0 radical (unpaired) electrons. The van der Waals surface area contributed by atoms with Crippen LogP contribution in [0.15, 0.2) is 71.6 Å². The van der Waals surface area contributed by atoms with Crippen LogP contribution in [0.25, 0.3) is 0 Å². The average molecular weight is 451 g/mol. The van der Waals surface area contributed by atoms with Gasteiger partial charge in [0.25, 0.3) is 15.9 Å². The van der Waals surface area contributed by atoms with E-state index >= 15 is 0 Å². The molecule has 0 spiro atoms. The van der Waals surface area contributed by atoms with Crippen molar-refractivity contribution in [1.82, 2.24) is 0 Å². The van der Waals surface area contributed by atoms with Crippen LogP contribution in [-0.2, 0) is 22.9 Å². The number of amides is 1. The fourth-order valence-corrected chi connectivity index (χ4v) is 6.51. The summed E-state index contributed by atoms with van der Waals surface area (Å²) in [7, 11) is -3.87. The van der Waals surface area contributed by atoms with Gasteiger partial charge in [-0.15, -0.1) is 0 Å². The van der Waals surface area contributed by atoms with Crippen molar-refractivity contribution in [1.29, 1.82) is 0 Å². The molecule has 0 saturated heterocycles. The highest BCUT2D eigenvalue weighted by Gasteiger charge is 2.36. The van der Waals surface area contributed by atoms with Crippen LogP contribution in [0.1, 0.15) is 34.8 Å². The molecule has 2 aliphatic heterocycles. The number of rotatable bonds is 3. The van der Waals surface area contributed by atoms with E-state index in [-0.39, 0.29) is 16.5 Å². The van der Waals surface area contributed by atoms with E-state index in [9.17, 15) is 17.6 Å². The monoisotopic (exact) mass is 450 g/mol. The van der Waals surface area contributed by atoms with Crippen molar-refractivity contribution in [3.05, 3.63) is 89.2 Å². The number of aryl methyl sites for hydroxylation is 1. The molecule has 1 unspecified atom stereocenters. The van der Waals surface area contributed by atoms with Gasteiger partial charge in [-0.25, -0.2) is 12.8 Å². The van der Waals surface area contributed by atoms with Gasteiger partial charge in [0.05, 0.1) is 16.3 Å². The zero-order valence-corrected chi connectivity index (χ0v) is 18.5. The molecule has 0 saturated carbocycles. The lowest BCUT2D eigenvalue weighted by atomic mass is 10.0. The summed E-state index contributed by atoms with van der Waals surface area (Å²) in [4.78, 5) is 14.8. The molecule has 3 aromatic carbocycles. The van der Waals surface area contributed by atoms with Crippen LogP contribution in [0.4, 0.5) is 15.8 Å². The number of benzene rings is 3. The molecule has 0 bridgehead atoms. The Morgan fingerprint density at radius 3 is 2.59 bits per heavy atom. The number of hydrogen-bond donors (Lipinski definition) is 0. The summed E-state index contributed by atoms with van der Waals surface area (Å²) in [6.45, 7) is 2.26. The smallest absolute Gasteiger partial charge is 0.264 e. The summed E-state index contributed by atoms with van der Waals surface area (Å²) in [5.41, 5.74) is 2.96. The van der Waals surface area contributed by atoms with E-state index in [1.165, 1.54) is 27.4 Å². The number of fused-ring (bicyclic) bond motifs is 2. The fourth-order valence-electron chi connectivity index (χ4n) is 4.77. The number of anilines is 2. The summed E-state index contributed by atoms with van der Waals surface area (Å²) < 4.78 is 43.1. The highest BCUT2D eigenvalue weighted by molar-refractivity contribution is 7.92. The first-order valence-electron chi connectivity index (χ1n) is 10.7. The maximum atomic E-state index is 14.6. The molecule has 32 heavy (non-hydrogen) atoms. The number of para-hydroxylation sites is 2. The van der Waals surface area contributed by atoms with Gasteiger partial charge < -0.3 is 4.90 Å². The van der Waals surface area contributed by atoms with Crippen molar-refractivity contribution in [2.24, 2.45) is 0 Å². The molecule has 5 nitrogen and oxygen atoms in total. The normalized spacial score (nSPS) is 17.8. The molecule has 164 valence electrons. The SMILES string of the molecule is CC1Cc2ccccc2N1S(=O)(=O)c1cccc(C(=O)N2CCCc3cccc(F)c32)c1. The summed E-state index contributed by atoms with van der Waals surface area (Å²) in [5.74, 6) is -0.843. The average Bonchev–Trinajstić information content (AvgIpc) is 3.15. The fraction of sp³-hybridized carbons (Fsp3) is 0.240. The highest BCUT2D eigenvalue weighted by atomic mass is 32.2. The second-order valence-electron chi connectivity index (χ2n) is 8.32. The van der Waals surface area contributed by atoms with Crippen molar-refractivity contribution in [2.75, 3.05) is 15.7 Å². The van der Waals surface area contributed by atoms with Crippen LogP contribution in [0.2, 0.25) is 0 Å². The van der Waals surface area contributed by atoms with Crippen molar-refractivity contribution in [2.45, 2.75) is 37.1 Å². The van der Waals surface area contributed by atoms with Gasteiger partial charge in [-0.1, -0.05) is 36.4 Å². The number of carbonyl (C=O) groups excluding carboxylic acids is 1. The van der Waals surface area contributed by atoms with Gasteiger partial charge in [-0.2, -0.15) is 0 Å². The van der Waals surface area contributed by atoms with Gasteiger partial charge in [-0.05, 0) is 67.6 Å². The number of halogens is 1. The second-order valence-corrected chi connectivity index (χ2v) is 10.1. The zero-order chi connectivity index (χ0) is 22.5. The van der Waals surface area contributed by atoms with E-state index in [0.29, 0.717) is 30.8 Å².